The molecule has 3 N–H and O–H groups in total. The number of amides is 1. The summed E-state index contributed by atoms with van der Waals surface area (Å²) in [5, 5.41) is 18.1. The molecule has 2 aromatic rings. The van der Waals surface area contributed by atoms with E-state index in [2.05, 4.69) is 21.0 Å². The van der Waals surface area contributed by atoms with Crippen molar-refractivity contribution in [2.45, 2.75) is 6.92 Å². The van der Waals surface area contributed by atoms with E-state index in [9.17, 15) is 14.5 Å². The minimum atomic E-state index is -0.754. The number of aliphatic hydroxyl groups is 1. The van der Waals surface area contributed by atoms with Crippen LogP contribution in [0.1, 0.15) is 6.92 Å². The van der Waals surface area contributed by atoms with Gasteiger partial charge in [0.2, 0.25) is 0 Å². The summed E-state index contributed by atoms with van der Waals surface area (Å²) in [5.74, 6) is -0.731. The van der Waals surface area contributed by atoms with Gasteiger partial charge < -0.3 is 19.9 Å². The van der Waals surface area contributed by atoms with Gasteiger partial charge >= 0.3 is 0 Å². The van der Waals surface area contributed by atoms with Crippen molar-refractivity contribution in [2.24, 2.45) is 10.3 Å². The van der Waals surface area contributed by atoms with E-state index in [1.165, 1.54) is 32.2 Å². The van der Waals surface area contributed by atoms with Gasteiger partial charge in [0.05, 0.1) is 25.1 Å². The van der Waals surface area contributed by atoms with Crippen molar-refractivity contribution in [3.05, 3.63) is 47.4 Å². The second-order valence-corrected chi connectivity index (χ2v) is 5.63. The fourth-order valence-electron chi connectivity index (χ4n) is 2.27. The SMILES string of the molecule is COc1cc(N=O)ccc1N/N=C(/C(C)=O)C(=O)Nc1ccccc1OCCO. The Kier molecular flexibility index (Phi) is 7.80. The van der Waals surface area contributed by atoms with Crippen LogP contribution >= 0.6 is 0 Å². The van der Waals surface area contributed by atoms with E-state index in [0.717, 1.165) is 0 Å². The standard InChI is InChI=1S/C19H20N4O6/c1-12(25)18(22-21-15-8-7-13(23-27)11-17(15)28-2)19(26)20-14-5-3-4-6-16(14)29-10-9-24/h3-8,11,21,24H,9-10H2,1-2H3,(H,20,26)/b22-18-. The number of aliphatic hydroxyl groups excluding tert-OH is 1. The van der Waals surface area contributed by atoms with E-state index < -0.39 is 11.7 Å². The smallest absolute Gasteiger partial charge is 0.279 e. The van der Waals surface area contributed by atoms with Gasteiger partial charge in [0.15, 0.2) is 11.5 Å². The van der Waals surface area contributed by atoms with Crippen LogP contribution in [0, 0.1) is 4.91 Å². The highest BCUT2D eigenvalue weighted by Crippen LogP contribution is 2.29. The highest BCUT2D eigenvalue weighted by atomic mass is 16.5. The van der Waals surface area contributed by atoms with Crippen LogP contribution in [0.5, 0.6) is 11.5 Å². The predicted octanol–water partition coefficient (Wildman–Crippen LogP) is 2.46. The molecule has 1 amide bonds. The van der Waals surface area contributed by atoms with E-state index in [1.807, 2.05) is 0 Å². The minimum Gasteiger partial charge on any atom is -0.494 e. The molecule has 0 fully saturated rings. The Labute approximate surface area is 166 Å². The van der Waals surface area contributed by atoms with Crippen LogP contribution in [0.2, 0.25) is 0 Å². The van der Waals surface area contributed by atoms with Crippen molar-refractivity contribution in [3.63, 3.8) is 0 Å². The van der Waals surface area contributed by atoms with Gasteiger partial charge in [-0.3, -0.25) is 15.0 Å². The number of anilines is 2. The molecule has 0 spiro atoms. The molecule has 0 aliphatic heterocycles. The van der Waals surface area contributed by atoms with Crippen LogP contribution in [0.3, 0.4) is 0 Å². The van der Waals surface area contributed by atoms with Gasteiger partial charge in [-0.15, -0.1) is 4.91 Å². The van der Waals surface area contributed by atoms with E-state index in [1.54, 1.807) is 24.3 Å². The number of ketones is 1. The lowest BCUT2D eigenvalue weighted by Gasteiger charge is -2.12. The van der Waals surface area contributed by atoms with Crippen molar-refractivity contribution in [1.29, 1.82) is 0 Å². The number of hydrogen-bond donors (Lipinski definition) is 3. The molecular weight excluding hydrogens is 380 g/mol. The predicted molar refractivity (Wildman–Crippen MR) is 108 cm³/mol. The van der Waals surface area contributed by atoms with E-state index in [4.69, 9.17) is 14.6 Å². The zero-order valence-electron chi connectivity index (χ0n) is 15.8. The molecule has 2 aromatic carbocycles. The van der Waals surface area contributed by atoms with Gasteiger partial charge in [-0.25, -0.2) is 0 Å². The van der Waals surface area contributed by atoms with Crippen molar-refractivity contribution in [2.75, 3.05) is 31.1 Å². The van der Waals surface area contributed by atoms with Crippen LogP contribution < -0.4 is 20.2 Å². The van der Waals surface area contributed by atoms with E-state index >= 15 is 0 Å². The molecule has 0 bridgehead atoms. The number of benzene rings is 2. The van der Waals surface area contributed by atoms with Crippen molar-refractivity contribution >= 4 is 34.5 Å². The average molecular weight is 400 g/mol. The van der Waals surface area contributed by atoms with E-state index in [0.29, 0.717) is 17.1 Å². The lowest BCUT2D eigenvalue weighted by Crippen LogP contribution is -2.29. The molecule has 0 aliphatic carbocycles. The lowest BCUT2D eigenvalue weighted by atomic mass is 10.2. The molecule has 152 valence electrons. The zero-order chi connectivity index (χ0) is 21.2. The minimum absolute atomic E-state index is 0.0491. The van der Waals surface area contributed by atoms with Crippen LogP contribution in [-0.2, 0) is 9.59 Å². The van der Waals surface area contributed by atoms with Crippen LogP contribution in [0.4, 0.5) is 17.1 Å². The first kappa shape index (κ1) is 21.5. The van der Waals surface area contributed by atoms with Crippen molar-refractivity contribution in [1.82, 2.24) is 0 Å². The van der Waals surface area contributed by atoms with Gasteiger partial charge in [0.1, 0.15) is 23.8 Å². The summed E-state index contributed by atoms with van der Waals surface area (Å²) in [5.41, 5.74) is 3.00. The molecule has 0 saturated carbocycles. The molecule has 0 atom stereocenters. The van der Waals surface area contributed by atoms with Gasteiger partial charge in [0, 0.05) is 13.0 Å². The molecule has 0 saturated heterocycles. The Hall–Kier alpha value is -3.79. The fraction of sp³-hybridized carbons (Fsp3) is 0.211. The molecule has 10 nitrogen and oxygen atoms in total. The second-order valence-electron chi connectivity index (χ2n) is 5.63. The number of rotatable bonds is 10. The maximum atomic E-state index is 12.6. The maximum absolute atomic E-state index is 12.6. The van der Waals surface area contributed by atoms with Gasteiger partial charge in [0.25, 0.3) is 5.91 Å². The Morgan fingerprint density at radius 2 is 1.86 bits per heavy atom. The number of Topliss-reactive ketones (excluding diaryl/α,β-unsaturated/α-hetero) is 1. The third kappa shape index (κ3) is 5.84. The quantitative estimate of drug-likeness (QED) is 0.241. The Morgan fingerprint density at radius 3 is 2.52 bits per heavy atom. The number of hydrazone groups is 1. The normalized spacial score (nSPS) is 10.8. The monoisotopic (exact) mass is 400 g/mol. The molecule has 29 heavy (non-hydrogen) atoms. The third-order valence-electron chi connectivity index (χ3n) is 3.61. The number of carbonyl (C=O) groups is 2. The van der Waals surface area contributed by atoms with Crippen LogP contribution in [0.15, 0.2) is 52.7 Å². The summed E-state index contributed by atoms with van der Waals surface area (Å²) in [6.07, 6.45) is 0. The molecule has 0 heterocycles. The first-order valence-electron chi connectivity index (χ1n) is 8.50. The van der Waals surface area contributed by atoms with E-state index in [-0.39, 0.29) is 30.4 Å². The number of nitrogens with zero attached hydrogens (tertiary/aromatic N) is 2. The fourth-order valence-corrected chi connectivity index (χ4v) is 2.27. The first-order chi connectivity index (χ1) is 14.0. The maximum Gasteiger partial charge on any atom is 0.279 e. The Morgan fingerprint density at radius 1 is 1.10 bits per heavy atom. The summed E-state index contributed by atoms with van der Waals surface area (Å²) in [7, 11) is 1.39. The van der Waals surface area contributed by atoms with Crippen LogP contribution in [-0.4, -0.2) is 42.8 Å². The highest BCUT2D eigenvalue weighted by molar-refractivity contribution is 6.67. The van der Waals surface area contributed by atoms with Gasteiger partial charge in [-0.05, 0) is 29.4 Å². The van der Waals surface area contributed by atoms with Crippen LogP contribution in [0.25, 0.3) is 0 Å². The largest absolute Gasteiger partial charge is 0.494 e. The van der Waals surface area contributed by atoms with Gasteiger partial charge in [-0.1, -0.05) is 12.1 Å². The number of methoxy groups -OCH3 is 1. The highest BCUT2D eigenvalue weighted by Gasteiger charge is 2.19. The molecule has 0 unspecified atom stereocenters. The first-order valence-corrected chi connectivity index (χ1v) is 8.50. The van der Waals surface area contributed by atoms with Gasteiger partial charge in [-0.2, -0.15) is 5.10 Å². The molecule has 10 heteroatoms. The molecule has 0 aromatic heterocycles. The number of nitrogens with one attached hydrogen (secondary N) is 2. The average Bonchev–Trinajstić information content (AvgIpc) is 2.73. The number of para-hydroxylation sites is 2. The number of nitroso groups, excluding NO2 is 1. The summed E-state index contributed by atoms with van der Waals surface area (Å²) in [4.78, 5) is 35.1. The molecule has 0 aliphatic rings. The lowest BCUT2D eigenvalue weighted by molar-refractivity contribution is -0.114. The Balaban J connectivity index is 2.23. The number of hydrogen-bond acceptors (Lipinski definition) is 9. The summed E-state index contributed by atoms with van der Waals surface area (Å²) in [6, 6.07) is 10.9. The summed E-state index contributed by atoms with van der Waals surface area (Å²) in [6.45, 7) is 1.06. The van der Waals surface area contributed by atoms with Crippen molar-refractivity contribution in [3.8, 4) is 11.5 Å². The molecule has 0 radical (unpaired) electrons. The topological polar surface area (TPSA) is 139 Å². The van der Waals surface area contributed by atoms with Crippen molar-refractivity contribution < 1.29 is 24.2 Å². The Bertz CT molecular complexity index is 929. The molecular formula is C19H20N4O6. The second kappa shape index (κ2) is 10.5. The summed E-state index contributed by atoms with van der Waals surface area (Å²) >= 11 is 0. The summed E-state index contributed by atoms with van der Waals surface area (Å²) < 4.78 is 10.5. The zero-order valence-corrected chi connectivity index (χ0v) is 15.8. The number of carbonyl (C=O) groups excluding carboxylic acids is 2. The number of ether oxygens (including phenoxy) is 2. The third-order valence-corrected chi connectivity index (χ3v) is 3.61. The molecule has 2 rings (SSSR count).